The second kappa shape index (κ2) is 6.10. The lowest BCUT2D eigenvalue weighted by molar-refractivity contribution is -0.176. The lowest BCUT2D eigenvalue weighted by atomic mass is 10.1. The first-order valence-corrected chi connectivity index (χ1v) is 7.61. The Bertz CT molecular complexity index is 375. The van der Waals surface area contributed by atoms with Crippen LogP contribution in [0.3, 0.4) is 0 Å². The summed E-state index contributed by atoms with van der Waals surface area (Å²) in [5.41, 5.74) is 0. The van der Waals surface area contributed by atoms with Crippen LogP contribution in [-0.4, -0.2) is 42.9 Å². The van der Waals surface area contributed by atoms with Crippen LogP contribution in [-0.2, 0) is 19.1 Å². The molecule has 3 rings (SSSR count). The fraction of sp³-hybridized carbons (Fsp3) is 0.857. The number of rotatable bonds is 4. The highest BCUT2D eigenvalue weighted by atomic mass is 16.7. The van der Waals surface area contributed by atoms with Crippen LogP contribution in [0, 0.1) is 0 Å². The summed E-state index contributed by atoms with van der Waals surface area (Å²) in [7, 11) is 0. The highest BCUT2D eigenvalue weighted by molar-refractivity contribution is 5.83. The van der Waals surface area contributed by atoms with E-state index in [4.69, 9.17) is 9.47 Å². The van der Waals surface area contributed by atoms with Crippen molar-refractivity contribution < 1.29 is 19.1 Å². The number of carbonyl (C=O) groups is 2. The minimum atomic E-state index is -0.615. The van der Waals surface area contributed by atoms with Crippen molar-refractivity contribution in [2.45, 2.75) is 69.4 Å². The van der Waals surface area contributed by atoms with Gasteiger partial charge in [0.2, 0.25) is 12.2 Å². The van der Waals surface area contributed by atoms with Gasteiger partial charge >= 0.3 is 5.97 Å². The van der Waals surface area contributed by atoms with Crippen molar-refractivity contribution >= 4 is 11.9 Å². The molecule has 1 amide bonds. The van der Waals surface area contributed by atoms with Gasteiger partial charge in [0.15, 0.2) is 0 Å². The van der Waals surface area contributed by atoms with Crippen LogP contribution in [0.1, 0.15) is 44.9 Å². The van der Waals surface area contributed by atoms with Gasteiger partial charge in [0.25, 0.3) is 0 Å². The van der Waals surface area contributed by atoms with Crippen LogP contribution < -0.4 is 10.6 Å². The first-order chi connectivity index (χ1) is 9.72. The third-order valence-electron chi connectivity index (χ3n) is 4.30. The molecule has 0 aromatic rings. The molecule has 2 saturated heterocycles. The first-order valence-electron chi connectivity index (χ1n) is 7.61. The highest BCUT2D eigenvalue weighted by Gasteiger charge is 2.39. The zero-order valence-corrected chi connectivity index (χ0v) is 11.6. The van der Waals surface area contributed by atoms with Crippen molar-refractivity contribution in [1.29, 1.82) is 0 Å². The van der Waals surface area contributed by atoms with Crippen molar-refractivity contribution in [3.8, 4) is 0 Å². The SMILES string of the molecule is O=C1CC(NC(=O)C2CCCN2)C(OC2CCCC2)O1. The van der Waals surface area contributed by atoms with E-state index in [-0.39, 0.29) is 36.5 Å². The molecule has 0 aromatic heterocycles. The molecule has 2 N–H and O–H groups in total. The predicted octanol–water partition coefficient (Wildman–Crippen LogP) is 0.455. The molecule has 1 saturated carbocycles. The Hall–Kier alpha value is -1.14. The van der Waals surface area contributed by atoms with E-state index in [1.807, 2.05) is 0 Å². The van der Waals surface area contributed by atoms with Gasteiger partial charge in [-0.2, -0.15) is 0 Å². The summed E-state index contributed by atoms with van der Waals surface area (Å²) in [6.45, 7) is 0.875. The second-order valence-electron chi connectivity index (χ2n) is 5.87. The van der Waals surface area contributed by atoms with Gasteiger partial charge < -0.3 is 20.1 Å². The molecule has 3 unspecified atom stereocenters. The third kappa shape index (κ3) is 3.12. The third-order valence-corrected chi connectivity index (χ3v) is 4.30. The van der Waals surface area contributed by atoms with Gasteiger partial charge in [-0.05, 0) is 32.2 Å². The van der Waals surface area contributed by atoms with E-state index >= 15 is 0 Å². The topological polar surface area (TPSA) is 76.7 Å². The fourth-order valence-electron chi connectivity index (χ4n) is 3.18. The van der Waals surface area contributed by atoms with Crippen molar-refractivity contribution in [2.24, 2.45) is 0 Å². The van der Waals surface area contributed by atoms with E-state index in [1.165, 1.54) is 0 Å². The molecule has 6 heteroatoms. The molecule has 3 aliphatic rings. The lowest BCUT2D eigenvalue weighted by Crippen LogP contribution is -2.49. The van der Waals surface area contributed by atoms with Crippen LogP contribution in [0.4, 0.5) is 0 Å². The number of cyclic esters (lactones) is 1. The standard InChI is InChI=1S/C14H22N2O4/c17-12-8-11(16-13(18)10-6-3-7-15-10)14(20-12)19-9-4-1-2-5-9/h9-11,14-15H,1-8H2,(H,16,18). The Balaban J connectivity index is 1.54. The molecule has 0 bridgehead atoms. The predicted molar refractivity (Wildman–Crippen MR) is 70.8 cm³/mol. The molecule has 1 aliphatic carbocycles. The maximum absolute atomic E-state index is 12.1. The van der Waals surface area contributed by atoms with Crippen molar-refractivity contribution in [1.82, 2.24) is 10.6 Å². The number of esters is 1. The van der Waals surface area contributed by atoms with Gasteiger partial charge in [0.05, 0.1) is 18.6 Å². The molecule has 0 spiro atoms. The Morgan fingerprint density at radius 1 is 1.25 bits per heavy atom. The average Bonchev–Trinajstić information content (AvgIpc) is 3.13. The molecule has 20 heavy (non-hydrogen) atoms. The number of amides is 1. The highest BCUT2D eigenvalue weighted by Crippen LogP contribution is 2.26. The van der Waals surface area contributed by atoms with Gasteiger partial charge in [0.1, 0.15) is 6.04 Å². The van der Waals surface area contributed by atoms with Gasteiger partial charge in [-0.15, -0.1) is 0 Å². The molecule has 0 aromatic carbocycles. The molecule has 3 fully saturated rings. The fourth-order valence-corrected chi connectivity index (χ4v) is 3.18. The molecule has 112 valence electrons. The van der Waals surface area contributed by atoms with E-state index in [9.17, 15) is 9.59 Å². The molecular weight excluding hydrogens is 260 g/mol. The van der Waals surface area contributed by atoms with E-state index < -0.39 is 6.29 Å². The maximum atomic E-state index is 12.1. The van der Waals surface area contributed by atoms with Crippen LogP contribution >= 0.6 is 0 Å². The number of carbonyl (C=O) groups excluding carboxylic acids is 2. The number of hydrogen-bond donors (Lipinski definition) is 2. The van der Waals surface area contributed by atoms with E-state index in [0.717, 1.165) is 45.1 Å². The molecule has 2 heterocycles. The Labute approximate surface area is 118 Å². The van der Waals surface area contributed by atoms with E-state index in [0.29, 0.717) is 0 Å². The summed E-state index contributed by atoms with van der Waals surface area (Å²) in [5, 5.41) is 6.05. The van der Waals surface area contributed by atoms with Gasteiger partial charge in [-0.25, -0.2) is 0 Å². The Morgan fingerprint density at radius 2 is 2.05 bits per heavy atom. The van der Waals surface area contributed by atoms with Gasteiger partial charge in [-0.3, -0.25) is 9.59 Å². The largest absolute Gasteiger partial charge is 0.433 e. The smallest absolute Gasteiger partial charge is 0.310 e. The van der Waals surface area contributed by atoms with Crippen molar-refractivity contribution in [2.75, 3.05) is 6.54 Å². The van der Waals surface area contributed by atoms with Crippen molar-refractivity contribution in [3.63, 3.8) is 0 Å². The summed E-state index contributed by atoms with van der Waals surface area (Å²) in [5.74, 6) is -0.344. The summed E-state index contributed by atoms with van der Waals surface area (Å²) < 4.78 is 11.0. The molecule has 2 aliphatic heterocycles. The van der Waals surface area contributed by atoms with Crippen LogP contribution in [0.25, 0.3) is 0 Å². The second-order valence-corrected chi connectivity index (χ2v) is 5.87. The minimum absolute atomic E-state index is 0.0502. The Kier molecular flexibility index (Phi) is 4.21. The monoisotopic (exact) mass is 282 g/mol. The van der Waals surface area contributed by atoms with E-state index in [1.54, 1.807) is 0 Å². The molecular formula is C14H22N2O4. The van der Waals surface area contributed by atoms with Crippen LogP contribution in [0.15, 0.2) is 0 Å². The zero-order chi connectivity index (χ0) is 13.9. The summed E-state index contributed by atoms with van der Waals surface area (Å²) in [6, 6.07) is -0.490. The average molecular weight is 282 g/mol. The molecule has 6 nitrogen and oxygen atoms in total. The minimum Gasteiger partial charge on any atom is -0.433 e. The summed E-state index contributed by atoms with van der Waals surface area (Å²) >= 11 is 0. The van der Waals surface area contributed by atoms with Gasteiger partial charge in [0, 0.05) is 0 Å². The molecule has 3 atom stereocenters. The maximum Gasteiger partial charge on any atom is 0.310 e. The summed E-state index contributed by atoms with van der Waals surface area (Å²) in [6.07, 6.45) is 5.96. The summed E-state index contributed by atoms with van der Waals surface area (Å²) in [4.78, 5) is 23.6. The zero-order valence-electron chi connectivity index (χ0n) is 11.6. The number of hydrogen-bond acceptors (Lipinski definition) is 5. The molecule has 0 radical (unpaired) electrons. The van der Waals surface area contributed by atoms with Gasteiger partial charge in [-0.1, -0.05) is 12.8 Å². The first kappa shape index (κ1) is 13.8. The van der Waals surface area contributed by atoms with Crippen LogP contribution in [0.2, 0.25) is 0 Å². The number of nitrogens with one attached hydrogen (secondary N) is 2. The quantitative estimate of drug-likeness (QED) is 0.732. The number of ether oxygens (including phenoxy) is 2. The van der Waals surface area contributed by atoms with Crippen molar-refractivity contribution in [3.05, 3.63) is 0 Å². The normalized spacial score (nSPS) is 34.4. The Morgan fingerprint density at radius 3 is 2.75 bits per heavy atom. The van der Waals surface area contributed by atoms with E-state index in [2.05, 4.69) is 10.6 Å². The van der Waals surface area contributed by atoms with Crippen LogP contribution in [0.5, 0.6) is 0 Å². The lowest BCUT2D eigenvalue weighted by Gasteiger charge is -2.23.